The number of aromatic nitrogens is 2. The van der Waals surface area contributed by atoms with Crippen molar-refractivity contribution in [1.29, 1.82) is 0 Å². The van der Waals surface area contributed by atoms with Crippen molar-refractivity contribution in [1.82, 2.24) is 9.97 Å². The summed E-state index contributed by atoms with van der Waals surface area (Å²) in [5.41, 5.74) is -0.142. The lowest BCUT2D eigenvalue weighted by molar-refractivity contribution is -0.189. The van der Waals surface area contributed by atoms with E-state index in [0.717, 1.165) is 10.2 Å². The van der Waals surface area contributed by atoms with Gasteiger partial charge in [0.2, 0.25) is 0 Å². The van der Waals surface area contributed by atoms with Crippen LogP contribution in [0.25, 0.3) is 0 Å². The molecule has 0 radical (unpaired) electrons. The van der Waals surface area contributed by atoms with E-state index in [4.69, 9.17) is 4.74 Å². The number of aryl methyl sites for hydroxylation is 1. The van der Waals surface area contributed by atoms with Gasteiger partial charge in [-0.25, -0.2) is 9.97 Å². The molecule has 1 N–H and O–H groups in total. The van der Waals surface area contributed by atoms with Crippen LogP contribution < -0.4 is 0 Å². The number of rotatable bonds is 1. The third-order valence-corrected chi connectivity index (χ3v) is 2.80. The summed E-state index contributed by atoms with van der Waals surface area (Å²) in [5, 5.41) is 9.83. The summed E-state index contributed by atoms with van der Waals surface area (Å²) >= 11 is 3.30. The molecule has 0 amide bonds. The highest BCUT2D eigenvalue weighted by molar-refractivity contribution is 9.10. The van der Waals surface area contributed by atoms with Crippen molar-refractivity contribution in [3.8, 4) is 0 Å². The molecule has 1 aromatic heterocycles. The fraction of sp³-hybridized carbons (Fsp3) is 0.500. The molecule has 0 bridgehead atoms. The second kappa shape index (κ2) is 3.01. The Balaban J connectivity index is 2.36. The molecular formula is C8H9BrN2O2. The smallest absolute Gasteiger partial charge is 0.170 e. The third kappa shape index (κ3) is 1.47. The minimum atomic E-state index is -0.967. The summed E-state index contributed by atoms with van der Waals surface area (Å²) in [6.45, 7) is 2.43. The normalized spacial score (nSPS) is 19.6. The van der Waals surface area contributed by atoms with Crippen molar-refractivity contribution in [3.63, 3.8) is 0 Å². The Hall–Kier alpha value is -0.520. The van der Waals surface area contributed by atoms with Gasteiger partial charge in [0.1, 0.15) is 0 Å². The first-order valence-electron chi connectivity index (χ1n) is 3.91. The van der Waals surface area contributed by atoms with E-state index in [-0.39, 0.29) is 13.2 Å². The van der Waals surface area contributed by atoms with Crippen LogP contribution in [-0.4, -0.2) is 28.3 Å². The van der Waals surface area contributed by atoms with Gasteiger partial charge in [0.15, 0.2) is 11.4 Å². The third-order valence-electron chi connectivity index (χ3n) is 2.02. The standard InChI is InChI=1S/C8H9BrN2O2/c1-5-6(9)2-10-7(11-5)8(12)3-13-4-8/h2,12H,3-4H2,1H3. The average molecular weight is 245 g/mol. The topological polar surface area (TPSA) is 55.2 Å². The molecule has 0 saturated carbocycles. The van der Waals surface area contributed by atoms with Gasteiger partial charge in [-0.3, -0.25) is 0 Å². The minimum absolute atomic E-state index is 0.286. The van der Waals surface area contributed by atoms with Crippen LogP contribution in [0.15, 0.2) is 10.7 Å². The van der Waals surface area contributed by atoms with Crippen molar-refractivity contribution in [3.05, 3.63) is 22.2 Å². The summed E-state index contributed by atoms with van der Waals surface area (Å²) in [4.78, 5) is 8.22. The van der Waals surface area contributed by atoms with Gasteiger partial charge in [-0.1, -0.05) is 0 Å². The quantitative estimate of drug-likeness (QED) is 0.793. The summed E-state index contributed by atoms with van der Waals surface area (Å²) in [6.07, 6.45) is 1.65. The first-order chi connectivity index (χ1) is 6.12. The Morgan fingerprint density at radius 1 is 1.62 bits per heavy atom. The molecule has 13 heavy (non-hydrogen) atoms. The molecule has 0 aromatic carbocycles. The maximum Gasteiger partial charge on any atom is 0.170 e. The van der Waals surface area contributed by atoms with Crippen LogP contribution in [-0.2, 0) is 10.3 Å². The lowest BCUT2D eigenvalue weighted by Gasteiger charge is -2.34. The van der Waals surface area contributed by atoms with Gasteiger partial charge in [0, 0.05) is 6.20 Å². The van der Waals surface area contributed by atoms with Crippen LogP contribution in [0.3, 0.4) is 0 Å². The van der Waals surface area contributed by atoms with Crippen molar-refractivity contribution in [2.45, 2.75) is 12.5 Å². The van der Waals surface area contributed by atoms with Gasteiger partial charge in [-0.2, -0.15) is 0 Å². The largest absolute Gasteiger partial charge is 0.377 e. The number of hydrogen-bond donors (Lipinski definition) is 1. The highest BCUT2D eigenvalue weighted by atomic mass is 79.9. The molecule has 0 aliphatic carbocycles. The van der Waals surface area contributed by atoms with Crippen molar-refractivity contribution in [2.24, 2.45) is 0 Å². The first-order valence-corrected chi connectivity index (χ1v) is 4.71. The van der Waals surface area contributed by atoms with Gasteiger partial charge in [-0.05, 0) is 22.9 Å². The van der Waals surface area contributed by atoms with E-state index >= 15 is 0 Å². The molecule has 1 aliphatic heterocycles. The molecule has 70 valence electrons. The molecule has 1 saturated heterocycles. The Labute approximate surface area is 84.1 Å². The molecule has 4 nitrogen and oxygen atoms in total. The molecular weight excluding hydrogens is 236 g/mol. The van der Waals surface area contributed by atoms with Crippen molar-refractivity contribution < 1.29 is 9.84 Å². The Kier molecular flexibility index (Phi) is 2.09. The van der Waals surface area contributed by atoms with E-state index in [1.54, 1.807) is 6.20 Å². The SMILES string of the molecule is Cc1nc(C2(O)COC2)ncc1Br. The molecule has 1 aliphatic rings. The lowest BCUT2D eigenvalue weighted by Crippen LogP contribution is -2.47. The zero-order valence-electron chi connectivity index (χ0n) is 7.12. The molecule has 0 unspecified atom stereocenters. The number of ether oxygens (including phenoxy) is 1. The Morgan fingerprint density at radius 3 is 2.77 bits per heavy atom. The number of halogens is 1. The lowest BCUT2D eigenvalue weighted by atomic mass is 10.0. The molecule has 1 aromatic rings. The van der Waals surface area contributed by atoms with Gasteiger partial charge in [-0.15, -0.1) is 0 Å². The van der Waals surface area contributed by atoms with Crippen LogP contribution in [0.1, 0.15) is 11.5 Å². The summed E-state index contributed by atoms with van der Waals surface area (Å²) < 4.78 is 5.77. The second-order valence-electron chi connectivity index (χ2n) is 3.15. The molecule has 2 heterocycles. The van der Waals surface area contributed by atoms with E-state index in [2.05, 4.69) is 25.9 Å². The second-order valence-corrected chi connectivity index (χ2v) is 4.01. The van der Waals surface area contributed by atoms with Gasteiger partial charge < -0.3 is 9.84 Å². The van der Waals surface area contributed by atoms with Crippen LogP contribution in [0.4, 0.5) is 0 Å². The maximum atomic E-state index is 9.83. The number of aliphatic hydroxyl groups is 1. The fourth-order valence-electron chi connectivity index (χ4n) is 1.10. The number of nitrogens with zero attached hydrogens (tertiary/aromatic N) is 2. The van der Waals surface area contributed by atoms with Crippen LogP contribution in [0.2, 0.25) is 0 Å². The predicted molar refractivity (Wildman–Crippen MR) is 49.2 cm³/mol. The van der Waals surface area contributed by atoms with E-state index in [0.29, 0.717) is 5.82 Å². The average Bonchev–Trinajstić information content (AvgIpc) is 2.06. The fourth-order valence-corrected chi connectivity index (χ4v) is 1.29. The van der Waals surface area contributed by atoms with Crippen LogP contribution in [0.5, 0.6) is 0 Å². The zero-order valence-corrected chi connectivity index (χ0v) is 8.71. The van der Waals surface area contributed by atoms with Crippen LogP contribution in [0, 0.1) is 6.92 Å². The zero-order chi connectivity index (χ0) is 9.47. The summed E-state index contributed by atoms with van der Waals surface area (Å²) in [7, 11) is 0. The molecule has 2 rings (SSSR count). The van der Waals surface area contributed by atoms with E-state index in [1.165, 1.54) is 0 Å². The highest BCUT2D eigenvalue weighted by Crippen LogP contribution is 2.27. The number of hydrogen-bond acceptors (Lipinski definition) is 4. The van der Waals surface area contributed by atoms with E-state index < -0.39 is 5.60 Å². The van der Waals surface area contributed by atoms with E-state index in [9.17, 15) is 5.11 Å². The minimum Gasteiger partial charge on any atom is -0.377 e. The molecule has 1 fully saturated rings. The van der Waals surface area contributed by atoms with E-state index in [1.807, 2.05) is 6.92 Å². The van der Waals surface area contributed by atoms with Crippen molar-refractivity contribution in [2.75, 3.05) is 13.2 Å². The first kappa shape index (κ1) is 9.05. The van der Waals surface area contributed by atoms with Crippen molar-refractivity contribution >= 4 is 15.9 Å². The highest BCUT2D eigenvalue weighted by Gasteiger charge is 2.41. The molecule has 0 spiro atoms. The monoisotopic (exact) mass is 244 g/mol. The van der Waals surface area contributed by atoms with Gasteiger partial charge in [0.05, 0.1) is 23.4 Å². The van der Waals surface area contributed by atoms with Gasteiger partial charge >= 0.3 is 0 Å². The Morgan fingerprint density at radius 2 is 2.31 bits per heavy atom. The summed E-state index contributed by atoms with van der Waals surface area (Å²) in [5.74, 6) is 0.444. The van der Waals surface area contributed by atoms with Crippen LogP contribution >= 0.6 is 15.9 Å². The predicted octanol–water partition coefficient (Wildman–Crippen LogP) is 0.765. The maximum absolute atomic E-state index is 9.83. The molecule has 0 atom stereocenters. The van der Waals surface area contributed by atoms with Gasteiger partial charge in [0.25, 0.3) is 0 Å². The molecule has 5 heteroatoms. The Bertz CT molecular complexity index is 339. The summed E-state index contributed by atoms with van der Waals surface area (Å²) in [6, 6.07) is 0.